The maximum atomic E-state index is 2.38. The molecule has 0 N–H and O–H groups in total. The summed E-state index contributed by atoms with van der Waals surface area (Å²) in [5.41, 5.74) is 3.05. The van der Waals surface area contributed by atoms with E-state index in [0.29, 0.717) is 0 Å². The van der Waals surface area contributed by atoms with E-state index < -0.39 is 7.26 Å². The lowest BCUT2D eigenvalue weighted by atomic mass is 10.0. The molecule has 1 heteroatoms. The largest absolute Gasteiger partial charge is 0.116 e. The number of aryl methyl sites for hydroxylation is 1. The van der Waals surface area contributed by atoms with Gasteiger partial charge in [-0.2, -0.15) is 0 Å². The van der Waals surface area contributed by atoms with Gasteiger partial charge in [-0.3, -0.25) is 0 Å². The SMILES string of the molecule is CCCCCCCCc1ccccc1C[P+](c1ccccc1)(c1ccccc1)c1ccccc1. The van der Waals surface area contributed by atoms with Gasteiger partial charge in [0.2, 0.25) is 0 Å². The van der Waals surface area contributed by atoms with Gasteiger partial charge in [-0.15, -0.1) is 0 Å². The van der Waals surface area contributed by atoms with E-state index in [1.807, 2.05) is 0 Å². The van der Waals surface area contributed by atoms with Crippen LogP contribution in [0.4, 0.5) is 0 Å². The van der Waals surface area contributed by atoms with Gasteiger partial charge in [-0.1, -0.05) is 118 Å². The molecule has 4 aromatic carbocycles. The van der Waals surface area contributed by atoms with Crippen LogP contribution in [0.25, 0.3) is 0 Å². The van der Waals surface area contributed by atoms with Crippen molar-refractivity contribution in [3.05, 3.63) is 126 Å². The number of hydrogen-bond acceptors (Lipinski definition) is 0. The van der Waals surface area contributed by atoms with Crippen molar-refractivity contribution in [2.24, 2.45) is 0 Å². The van der Waals surface area contributed by atoms with E-state index in [9.17, 15) is 0 Å². The molecule has 0 nitrogen and oxygen atoms in total. The van der Waals surface area contributed by atoms with Crippen LogP contribution in [0.15, 0.2) is 115 Å². The van der Waals surface area contributed by atoms with Crippen molar-refractivity contribution < 1.29 is 0 Å². The van der Waals surface area contributed by atoms with Crippen LogP contribution < -0.4 is 15.9 Å². The molecule has 0 aliphatic rings. The van der Waals surface area contributed by atoms with Gasteiger partial charge in [0.15, 0.2) is 0 Å². The summed E-state index contributed by atoms with van der Waals surface area (Å²) in [5, 5.41) is 4.38. The van der Waals surface area contributed by atoms with E-state index in [0.717, 1.165) is 6.16 Å². The zero-order chi connectivity index (χ0) is 23.5. The Kier molecular flexibility index (Phi) is 9.12. The summed E-state index contributed by atoms with van der Waals surface area (Å²) < 4.78 is 0. The molecule has 0 aromatic heterocycles. The third-order valence-corrected chi connectivity index (χ3v) is 11.3. The van der Waals surface area contributed by atoms with Crippen LogP contribution in [-0.2, 0) is 12.6 Å². The Balaban J connectivity index is 1.74. The average molecular weight is 466 g/mol. The van der Waals surface area contributed by atoms with Crippen molar-refractivity contribution in [2.75, 3.05) is 0 Å². The molecule has 4 aromatic rings. The van der Waals surface area contributed by atoms with Crippen molar-refractivity contribution in [3.63, 3.8) is 0 Å². The highest BCUT2D eigenvalue weighted by molar-refractivity contribution is 7.95. The van der Waals surface area contributed by atoms with Crippen LogP contribution >= 0.6 is 7.26 Å². The van der Waals surface area contributed by atoms with E-state index in [4.69, 9.17) is 0 Å². The van der Waals surface area contributed by atoms with E-state index in [1.54, 1.807) is 0 Å². The first-order valence-corrected chi connectivity index (χ1v) is 14.9. The van der Waals surface area contributed by atoms with Gasteiger partial charge in [0.1, 0.15) is 23.2 Å². The number of benzene rings is 4. The van der Waals surface area contributed by atoms with Crippen molar-refractivity contribution >= 4 is 23.2 Å². The Bertz CT molecular complexity index is 1010. The molecule has 0 radical (unpaired) electrons. The first-order valence-electron chi connectivity index (χ1n) is 13.0. The second kappa shape index (κ2) is 12.7. The molecule has 0 saturated heterocycles. The minimum atomic E-state index is -1.86. The van der Waals surface area contributed by atoms with Gasteiger partial charge in [0.25, 0.3) is 0 Å². The smallest absolute Gasteiger partial charge is 0.0654 e. The molecule has 4 rings (SSSR count). The normalized spacial score (nSPS) is 11.4. The summed E-state index contributed by atoms with van der Waals surface area (Å²) in [4.78, 5) is 0. The summed E-state index contributed by atoms with van der Waals surface area (Å²) in [6.45, 7) is 2.29. The number of unbranched alkanes of at least 4 members (excludes halogenated alkanes) is 5. The number of hydrogen-bond donors (Lipinski definition) is 0. The van der Waals surface area contributed by atoms with E-state index in [1.165, 1.54) is 72.0 Å². The van der Waals surface area contributed by atoms with Gasteiger partial charge in [0.05, 0.1) is 6.16 Å². The van der Waals surface area contributed by atoms with Crippen molar-refractivity contribution in [3.8, 4) is 0 Å². The van der Waals surface area contributed by atoms with Gasteiger partial charge in [-0.25, -0.2) is 0 Å². The zero-order valence-electron chi connectivity index (χ0n) is 20.6. The maximum Gasteiger partial charge on any atom is 0.116 e. The molecule has 0 bridgehead atoms. The highest BCUT2D eigenvalue weighted by Gasteiger charge is 2.45. The third-order valence-electron chi connectivity index (χ3n) is 6.92. The highest BCUT2D eigenvalue weighted by Crippen LogP contribution is 2.58. The summed E-state index contributed by atoms with van der Waals surface area (Å²) in [5.74, 6) is 0. The minimum Gasteiger partial charge on any atom is -0.0654 e. The van der Waals surface area contributed by atoms with Crippen LogP contribution in [0, 0.1) is 0 Å². The summed E-state index contributed by atoms with van der Waals surface area (Å²) in [7, 11) is -1.86. The fourth-order valence-corrected chi connectivity index (χ4v) is 9.38. The fourth-order valence-electron chi connectivity index (χ4n) is 5.08. The molecule has 0 saturated carbocycles. The van der Waals surface area contributed by atoms with Crippen LogP contribution in [0.1, 0.15) is 56.6 Å². The fraction of sp³-hybridized carbons (Fsp3) is 0.273. The molecule has 0 aliphatic carbocycles. The van der Waals surface area contributed by atoms with Crippen LogP contribution in [0.2, 0.25) is 0 Å². The van der Waals surface area contributed by atoms with Crippen molar-refractivity contribution in [1.29, 1.82) is 0 Å². The Morgan fingerprint density at radius 1 is 0.441 bits per heavy atom. The summed E-state index contributed by atoms with van der Waals surface area (Å²) >= 11 is 0. The lowest BCUT2D eigenvalue weighted by Crippen LogP contribution is -2.32. The van der Waals surface area contributed by atoms with E-state index in [-0.39, 0.29) is 0 Å². The van der Waals surface area contributed by atoms with Crippen molar-refractivity contribution in [2.45, 2.75) is 58.0 Å². The molecule has 0 unspecified atom stereocenters. The Morgan fingerprint density at radius 3 is 1.35 bits per heavy atom. The molecule has 0 atom stereocenters. The molecule has 0 aliphatic heterocycles. The number of rotatable bonds is 12. The second-order valence-corrected chi connectivity index (χ2v) is 12.7. The average Bonchev–Trinajstić information content (AvgIpc) is 2.91. The molecule has 174 valence electrons. The van der Waals surface area contributed by atoms with E-state index in [2.05, 4.69) is 122 Å². The molecule has 0 heterocycles. The quantitative estimate of drug-likeness (QED) is 0.146. The highest BCUT2D eigenvalue weighted by atomic mass is 31.2. The second-order valence-electron chi connectivity index (χ2n) is 9.26. The molecular weight excluding hydrogens is 427 g/mol. The monoisotopic (exact) mass is 465 g/mol. The summed E-state index contributed by atoms with van der Waals surface area (Å²) in [6, 6.07) is 43.0. The van der Waals surface area contributed by atoms with Crippen LogP contribution in [0.3, 0.4) is 0 Å². The zero-order valence-corrected chi connectivity index (χ0v) is 21.5. The first-order chi connectivity index (χ1) is 16.8. The molecule has 0 fully saturated rings. The van der Waals surface area contributed by atoms with Gasteiger partial charge in [-0.05, 0) is 60.4 Å². The molecule has 34 heavy (non-hydrogen) atoms. The predicted molar refractivity (Wildman–Crippen MR) is 152 cm³/mol. The van der Waals surface area contributed by atoms with Gasteiger partial charge >= 0.3 is 0 Å². The topological polar surface area (TPSA) is 0 Å². The molecule has 0 spiro atoms. The Morgan fingerprint density at radius 2 is 0.853 bits per heavy atom. The third kappa shape index (κ3) is 5.86. The maximum absolute atomic E-state index is 2.38. The van der Waals surface area contributed by atoms with Crippen LogP contribution in [-0.4, -0.2) is 0 Å². The van der Waals surface area contributed by atoms with Gasteiger partial charge < -0.3 is 0 Å². The van der Waals surface area contributed by atoms with Crippen LogP contribution in [0.5, 0.6) is 0 Å². The van der Waals surface area contributed by atoms with Crippen molar-refractivity contribution in [1.82, 2.24) is 0 Å². The first kappa shape index (κ1) is 24.4. The standard InChI is InChI=1S/C33H38P/c1-2-3-4-5-6-10-19-29-20-17-18-21-30(29)28-34(31-22-11-7-12-23-31,32-24-13-8-14-25-32)33-26-15-9-16-27-33/h7-9,11-18,20-27H,2-6,10,19,28H2,1H3/q+1. The lowest BCUT2D eigenvalue weighted by Gasteiger charge is -2.28. The molecule has 0 amide bonds. The minimum absolute atomic E-state index is 1.07. The summed E-state index contributed by atoms with van der Waals surface area (Å²) in [6.07, 6.45) is 10.3. The Labute approximate surface area is 207 Å². The van der Waals surface area contributed by atoms with E-state index >= 15 is 0 Å². The molecular formula is C33H38P+. The van der Waals surface area contributed by atoms with Gasteiger partial charge in [0, 0.05) is 0 Å². The Hall–Kier alpha value is -2.69. The predicted octanol–water partition coefficient (Wildman–Crippen LogP) is 8.08. The lowest BCUT2D eigenvalue weighted by molar-refractivity contribution is 0.607.